The second-order valence-corrected chi connectivity index (χ2v) is 4.98. The van der Waals surface area contributed by atoms with Gasteiger partial charge >= 0.3 is 0 Å². The van der Waals surface area contributed by atoms with Crippen LogP contribution in [0.25, 0.3) is 0 Å². The summed E-state index contributed by atoms with van der Waals surface area (Å²) in [5.74, 6) is -0.178. The first kappa shape index (κ1) is 14.5. The van der Waals surface area contributed by atoms with E-state index < -0.39 is 11.9 Å². The SMILES string of the molecule is COc1cccc(CC(O)Cc2ccc(C)cc2)c1F. The summed E-state index contributed by atoms with van der Waals surface area (Å²) < 4.78 is 18.9. The number of aryl methyl sites for hydroxylation is 1. The van der Waals surface area contributed by atoms with E-state index >= 15 is 0 Å². The van der Waals surface area contributed by atoms with Gasteiger partial charge in [-0.05, 0) is 30.5 Å². The smallest absolute Gasteiger partial charge is 0.168 e. The molecule has 0 aliphatic rings. The zero-order chi connectivity index (χ0) is 14.5. The van der Waals surface area contributed by atoms with Gasteiger partial charge in [-0.3, -0.25) is 0 Å². The van der Waals surface area contributed by atoms with Crippen molar-refractivity contribution in [3.05, 3.63) is 65.0 Å². The van der Waals surface area contributed by atoms with E-state index in [0.29, 0.717) is 12.0 Å². The Morgan fingerprint density at radius 3 is 2.45 bits per heavy atom. The maximum Gasteiger partial charge on any atom is 0.168 e. The van der Waals surface area contributed by atoms with Gasteiger partial charge in [0.1, 0.15) is 0 Å². The first-order valence-corrected chi connectivity index (χ1v) is 6.65. The van der Waals surface area contributed by atoms with Crippen molar-refractivity contribution < 1.29 is 14.2 Å². The highest BCUT2D eigenvalue weighted by Crippen LogP contribution is 2.21. The molecule has 1 atom stereocenters. The van der Waals surface area contributed by atoms with Gasteiger partial charge in [0.15, 0.2) is 11.6 Å². The van der Waals surface area contributed by atoms with Crippen molar-refractivity contribution >= 4 is 0 Å². The molecular weight excluding hydrogens is 255 g/mol. The summed E-state index contributed by atoms with van der Waals surface area (Å²) >= 11 is 0. The van der Waals surface area contributed by atoms with Crippen molar-refractivity contribution in [2.45, 2.75) is 25.9 Å². The normalized spacial score (nSPS) is 12.2. The maximum absolute atomic E-state index is 14.0. The van der Waals surface area contributed by atoms with Gasteiger partial charge in [-0.15, -0.1) is 0 Å². The highest BCUT2D eigenvalue weighted by atomic mass is 19.1. The van der Waals surface area contributed by atoms with Gasteiger partial charge in [-0.2, -0.15) is 0 Å². The third-order valence-electron chi connectivity index (χ3n) is 3.31. The molecule has 20 heavy (non-hydrogen) atoms. The molecule has 2 aromatic rings. The third-order valence-corrected chi connectivity index (χ3v) is 3.31. The summed E-state index contributed by atoms with van der Waals surface area (Å²) in [5.41, 5.74) is 2.71. The van der Waals surface area contributed by atoms with Crippen LogP contribution in [0.4, 0.5) is 4.39 Å². The minimum atomic E-state index is -0.612. The van der Waals surface area contributed by atoms with Crippen LogP contribution in [0.15, 0.2) is 42.5 Å². The number of aliphatic hydroxyl groups excluding tert-OH is 1. The molecule has 1 unspecified atom stereocenters. The lowest BCUT2D eigenvalue weighted by molar-refractivity contribution is 0.174. The molecule has 1 N–H and O–H groups in total. The van der Waals surface area contributed by atoms with Crippen LogP contribution < -0.4 is 4.74 Å². The van der Waals surface area contributed by atoms with Crippen LogP contribution in [-0.4, -0.2) is 18.3 Å². The standard InChI is InChI=1S/C17H19FO2/c1-12-6-8-13(9-7-12)10-15(19)11-14-4-3-5-16(20-2)17(14)18/h3-9,15,19H,10-11H2,1-2H3. The van der Waals surface area contributed by atoms with E-state index in [9.17, 15) is 9.50 Å². The molecule has 2 aromatic carbocycles. The average molecular weight is 274 g/mol. The molecule has 0 saturated carbocycles. The molecular formula is C17H19FO2. The number of benzene rings is 2. The fourth-order valence-corrected chi connectivity index (χ4v) is 2.19. The summed E-state index contributed by atoms with van der Waals surface area (Å²) in [6, 6.07) is 13.0. The molecule has 0 fully saturated rings. The van der Waals surface area contributed by atoms with Crippen molar-refractivity contribution in [3.8, 4) is 5.75 Å². The Kier molecular flexibility index (Phi) is 4.74. The molecule has 2 rings (SSSR count). The zero-order valence-corrected chi connectivity index (χ0v) is 11.8. The van der Waals surface area contributed by atoms with E-state index in [-0.39, 0.29) is 12.2 Å². The Labute approximate surface area is 118 Å². The quantitative estimate of drug-likeness (QED) is 0.906. The monoisotopic (exact) mass is 274 g/mol. The minimum Gasteiger partial charge on any atom is -0.494 e. The van der Waals surface area contributed by atoms with E-state index in [1.165, 1.54) is 12.7 Å². The van der Waals surface area contributed by atoms with Crippen LogP contribution in [0, 0.1) is 12.7 Å². The predicted octanol–water partition coefficient (Wildman–Crippen LogP) is 3.29. The van der Waals surface area contributed by atoms with Crippen LogP contribution in [0.3, 0.4) is 0 Å². The largest absolute Gasteiger partial charge is 0.494 e. The average Bonchev–Trinajstić information content (AvgIpc) is 2.44. The maximum atomic E-state index is 14.0. The number of hydrogen-bond acceptors (Lipinski definition) is 2. The Morgan fingerprint density at radius 2 is 1.80 bits per heavy atom. The summed E-state index contributed by atoms with van der Waals surface area (Å²) in [6.07, 6.45) is 0.174. The highest BCUT2D eigenvalue weighted by molar-refractivity contribution is 5.31. The molecule has 0 bridgehead atoms. The third kappa shape index (κ3) is 3.58. The van der Waals surface area contributed by atoms with Gasteiger partial charge < -0.3 is 9.84 Å². The molecule has 0 saturated heterocycles. The molecule has 0 aliphatic carbocycles. The van der Waals surface area contributed by atoms with E-state index in [1.54, 1.807) is 18.2 Å². The van der Waals surface area contributed by atoms with E-state index in [1.807, 2.05) is 31.2 Å². The topological polar surface area (TPSA) is 29.5 Å². The number of aliphatic hydroxyl groups is 1. The summed E-state index contributed by atoms with van der Waals surface area (Å²) in [5, 5.41) is 10.1. The molecule has 2 nitrogen and oxygen atoms in total. The van der Waals surface area contributed by atoms with Gasteiger partial charge in [-0.1, -0.05) is 42.0 Å². The summed E-state index contributed by atoms with van der Waals surface area (Å²) in [6.45, 7) is 2.02. The van der Waals surface area contributed by atoms with Crippen molar-refractivity contribution in [1.82, 2.24) is 0 Å². The van der Waals surface area contributed by atoms with Gasteiger partial charge in [0.05, 0.1) is 13.2 Å². The molecule has 3 heteroatoms. The summed E-state index contributed by atoms with van der Waals surface area (Å²) in [7, 11) is 1.44. The molecule has 0 amide bonds. The summed E-state index contributed by atoms with van der Waals surface area (Å²) in [4.78, 5) is 0. The Bertz CT molecular complexity index is 564. The molecule has 0 spiro atoms. The van der Waals surface area contributed by atoms with Crippen LogP contribution in [-0.2, 0) is 12.8 Å². The van der Waals surface area contributed by atoms with Crippen LogP contribution in [0.1, 0.15) is 16.7 Å². The van der Waals surface area contributed by atoms with Crippen LogP contribution >= 0.6 is 0 Å². The fraction of sp³-hybridized carbons (Fsp3) is 0.294. The fourth-order valence-electron chi connectivity index (χ4n) is 2.19. The van der Waals surface area contributed by atoms with E-state index in [4.69, 9.17) is 4.74 Å². The van der Waals surface area contributed by atoms with Gasteiger partial charge in [-0.25, -0.2) is 4.39 Å². The minimum absolute atomic E-state index is 0.213. The second-order valence-electron chi connectivity index (χ2n) is 4.98. The zero-order valence-electron chi connectivity index (χ0n) is 11.8. The van der Waals surface area contributed by atoms with Crippen molar-refractivity contribution in [3.63, 3.8) is 0 Å². The number of hydrogen-bond donors (Lipinski definition) is 1. The van der Waals surface area contributed by atoms with E-state index in [2.05, 4.69) is 0 Å². The predicted molar refractivity (Wildman–Crippen MR) is 77.5 cm³/mol. The van der Waals surface area contributed by atoms with Gasteiger partial charge in [0.2, 0.25) is 0 Å². The Morgan fingerprint density at radius 1 is 1.10 bits per heavy atom. The van der Waals surface area contributed by atoms with Gasteiger partial charge in [0.25, 0.3) is 0 Å². The Balaban J connectivity index is 2.04. The lowest BCUT2D eigenvalue weighted by Gasteiger charge is -2.13. The highest BCUT2D eigenvalue weighted by Gasteiger charge is 2.13. The van der Waals surface area contributed by atoms with Crippen molar-refractivity contribution in [1.29, 1.82) is 0 Å². The molecule has 0 aromatic heterocycles. The van der Waals surface area contributed by atoms with Crippen LogP contribution in [0.2, 0.25) is 0 Å². The number of ether oxygens (including phenoxy) is 1. The molecule has 0 heterocycles. The van der Waals surface area contributed by atoms with Crippen LogP contribution in [0.5, 0.6) is 5.75 Å². The van der Waals surface area contributed by atoms with Gasteiger partial charge in [0, 0.05) is 6.42 Å². The van der Waals surface area contributed by atoms with E-state index in [0.717, 1.165) is 5.56 Å². The lowest BCUT2D eigenvalue weighted by Crippen LogP contribution is -2.15. The van der Waals surface area contributed by atoms with Crippen molar-refractivity contribution in [2.75, 3.05) is 7.11 Å². The second kappa shape index (κ2) is 6.53. The Hall–Kier alpha value is -1.87. The van der Waals surface area contributed by atoms with Crippen molar-refractivity contribution in [2.24, 2.45) is 0 Å². The number of methoxy groups -OCH3 is 1. The first-order chi connectivity index (χ1) is 9.60. The first-order valence-electron chi connectivity index (χ1n) is 6.65. The molecule has 0 radical (unpaired) electrons. The molecule has 0 aliphatic heterocycles. The molecule has 106 valence electrons. The lowest BCUT2D eigenvalue weighted by atomic mass is 10.00. The number of halogens is 1. The number of rotatable bonds is 5.